The molecule has 0 saturated heterocycles. The fourth-order valence-corrected chi connectivity index (χ4v) is 1.93. The number of nitrogens with one attached hydrogen (secondary N) is 2. The van der Waals surface area contributed by atoms with Crippen LogP contribution in [0.2, 0.25) is 0 Å². The molecule has 0 aliphatic heterocycles. The average molecular weight is 289 g/mol. The Kier molecular flexibility index (Phi) is 6.21. The summed E-state index contributed by atoms with van der Waals surface area (Å²) < 4.78 is 0. The van der Waals surface area contributed by atoms with Crippen LogP contribution in [-0.4, -0.2) is 23.1 Å². The normalized spacial score (nSPS) is 11.3. The number of urea groups is 1. The first-order chi connectivity index (χ1) is 9.93. The SMILES string of the molecule is Cc1cccc(NC(=O)NC(C)CCCC(=O)O)c1C#N. The van der Waals surface area contributed by atoms with E-state index in [1.54, 1.807) is 25.1 Å². The first kappa shape index (κ1) is 16.5. The van der Waals surface area contributed by atoms with Gasteiger partial charge in [-0.1, -0.05) is 12.1 Å². The minimum atomic E-state index is -0.843. The summed E-state index contributed by atoms with van der Waals surface area (Å²) in [5, 5.41) is 23.0. The Labute approximate surface area is 123 Å². The second-order valence-electron chi connectivity index (χ2n) is 4.89. The van der Waals surface area contributed by atoms with Gasteiger partial charge in [-0.05, 0) is 38.3 Å². The zero-order chi connectivity index (χ0) is 15.8. The quantitative estimate of drug-likeness (QED) is 0.749. The number of nitriles is 1. The van der Waals surface area contributed by atoms with Crippen LogP contribution in [0.15, 0.2) is 18.2 Å². The number of anilines is 1. The molecule has 1 rings (SSSR count). The molecule has 0 saturated carbocycles. The van der Waals surface area contributed by atoms with Gasteiger partial charge in [-0.2, -0.15) is 5.26 Å². The van der Waals surface area contributed by atoms with E-state index in [4.69, 9.17) is 10.4 Å². The highest BCUT2D eigenvalue weighted by atomic mass is 16.4. The lowest BCUT2D eigenvalue weighted by Gasteiger charge is -2.15. The monoisotopic (exact) mass is 289 g/mol. The van der Waals surface area contributed by atoms with Gasteiger partial charge in [0.25, 0.3) is 0 Å². The van der Waals surface area contributed by atoms with E-state index in [-0.39, 0.29) is 12.5 Å². The second-order valence-corrected chi connectivity index (χ2v) is 4.89. The second kappa shape index (κ2) is 7.90. The molecule has 6 heteroatoms. The minimum absolute atomic E-state index is 0.0874. The molecule has 0 bridgehead atoms. The summed E-state index contributed by atoms with van der Waals surface area (Å²) in [4.78, 5) is 22.3. The van der Waals surface area contributed by atoms with E-state index in [0.29, 0.717) is 24.1 Å². The Balaban J connectivity index is 2.53. The number of hydrogen-bond donors (Lipinski definition) is 3. The molecule has 0 aliphatic carbocycles. The van der Waals surface area contributed by atoms with Gasteiger partial charge >= 0.3 is 12.0 Å². The zero-order valence-corrected chi connectivity index (χ0v) is 12.1. The summed E-state index contributed by atoms with van der Waals surface area (Å²) in [5.41, 5.74) is 1.70. The predicted molar refractivity (Wildman–Crippen MR) is 79.0 cm³/mol. The maximum absolute atomic E-state index is 11.9. The average Bonchev–Trinajstić information content (AvgIpc) is 2.38. The van der Waals surface area contributed by atoms with Crippen LogP contribution in [0.1, 0.15) is 37.3 Å². The van der Waals surface area contributed by atoms with Gasteiger partial charge < -0.3 is 15.7 Å². The van der Waals surface area contributed by atoms with Crippen molar-refractivity contribution < 1.29 is 14.7 Å². The lowest BCUT2D eigenvalue weighted by atomic mass is 10.1. The minimum Gasteiger partial charge on any atom is -0.481 e. The number of carbonyl (C=O) groups excluding carboxylic acids is 1. The lowest BCUT2D eigenvalue weighted by molar-refractivity contribution is -0.137. The number of carboxylic acid groups (broad SMARTS) is 1. The molecule has 0 spiro atoms. The van der Waals surface area contributed by atoms with E-state index < -0.39 is 12.0 Å². The standard InChI is InChI=1S/C15H19N3O3/c1-10-5-3-7-13(12(10)9-16)18-15(21)17-11(2)6-4-8-14(19)20/h3,5,7,11H,4,6,8H2,1-2H3,(H,19,20)(H2,17,18,21). The largest absolute Gasteiger partial charge is 0.481 e. The van der Waals surface area contributed by atoms with Crippen molar-refractivity contribution in [2.24, 2.45) is 0 Å². The third-order valence-corrected chi connectivity index (χ3v) is 3.04. The number of aryl methyl sites for hydroxylation is 1. The van der Waals surface area contributed by atoms with Gasteiger partial charge in [0.2, 0.25) is 0 Å². The summed E-state index contributed by atoms with van der Waals surface area (Å²) in [5.74, 6) is -0.843. The molecule has 1 unspecified atom stereocenters. The highest BCUT2D eigenvalue weighted by Gasteiger charge is 2.11. The van der Waals surface area contributed by atoms with Crippen LogP contribution in [-0.2, 0) is 4.79 Å². The lowest BCUT2D eigenvalue weighted by Crippen LogP contribution is -2.36. The van der Waals surface area contributed by atoms with E-state index in [1.807, 2.05) is 6.92 Å². The smallest absolute Gasteiger partial charge is 0.319 e. The van der Waals surface area contributed by atoms with Crippen LogP contribution >= 0.6 is 0 Å². The molecule has 0 heterocycles. The molecule has 21 heavy (non-hydrogen) atoms. The van der Waals surface area contributed by atoms with Crippen molar-refractivity contribution in [3.63, 3.8) is 0 Å². The number of amides is 2. The molecule has 1 aromatic carbocycles. The Morgan fingerprint density at radius 2 is 2.14 bits per heavy atom. The Morgan fingerprint density at radius 3 is 2.76 bits per heavy atom. The van der Waals surface area contributed by atoms with E-state index in [1.165, 1.54) is 0 Å². The Morgan fingerprint density at radius 1 is 1.43 bits per heavy atom. The molecule has 0 aromatic heterocycles. The highest BCUT2D eigenvalue weighted by Crippen LogP contribution is 2.18. The molecular formula is C15H19N3O3. The van der Waals surface area contributed by atoms with Gasteiger partial charge in [-0.25, -0.2) is 4.79 Å². The molecule has 0 aliphatic rings. The first-order valence-corrected chi connectivity index (χ1v) is 6.73. The number of aliphatic carboxylic acids is 1. The Bertz CT molecular complexity index is 564. The van der Waals surface area contributed by atoms with Gasteiger partial charge in [-0.3, -0.25) is 4.79 Å². The summed E-state index contributed by atoms with van der Waals surface area (Å²) in [6.07, 6.45) is 1.17. The van der Waals surface area contributed by atoms with Gasteiger partial charge in [0.05, 0.1) is 11.3 Å². The maximum atomic E-state index is 11.9. The maximum Gasteiger partial charge on any atom is 0.319 e. The fraction of sp³-hybridized carbons (Fsp3) is 0.400. The topological polar surface area (TPSA) is 102 Å². The number of hydrogen-bond acceptors (Lipinski definition) is 3. The molecule has 3 N–H and O–H groups in total. The molecule has 0 fully saturated rings. The fourth-order valence-electron chi connectivity index (χ4n) is 1.93. The number of rotatable bonds is 6. The number of benzene rings is 1. The first-order valence-electron chi connectivity index (χ1n) is 6.73. The van der Waals surface area contributed by atoms with Crippen LogP contribution in [0.4, 0.5) is 10.5 Å². The third kappa shape index (κ3) is 5.53. The van der Waals surface area contributed by atoms with Crippen molar-refractivity contribution in [2.75, 3.05) is 5.32 Å². The van der Waals surface area contributed by atoms with Crippen LogP contribution < -0.4 is 10.6 Å². The molecule has 1 aromatic rings. The van der Waals surface area contributed by atoms with Gasteiger partial charge in [0, 0.05) is 12.5 Å². The van der Waals surface area contributed by atoms with E-state index in [9.17, 15) is 9.59 Å². The number of carbonyl (C=O) groups is 2. The number of carboxylic acids is 1. The summed E-state index contributed by atoms with van der Waals surface area (Å²) in [7, 11) is 0. The van der Waals surface area contributed by atoms with Crippen molar-refractivity contribution in [2.45, 2.75) is 39.2 Å². The van der Waals surface area contributed by atoms with Crippen LogP contribution in [0.5, 0.6) is 0 Å². The van der Waals surface area contributed by atoms with Gasteiger partial charge in [0.15, 0.2) is 0 Å². The van der Waals surface area contributed by atoms with Crippen LogP contribution in [0.3, 0.4) is 0 Å². The van der Waals surface area contributed by atoms with E-state index >= 15 is 0 Å². The van der Waals surface area contributed by atoms with Crippen molar-refractivity contribution in [3.8, 4) is 6.07 Å². The summed E-state index contributed by atoms with van der Waals surface area (Å²) >= 11 is 0. The van der Waals surface area contributed by atoms with E-state index in [2.05, 4.69) is 16.7 Å². The predicted octanol–water partition coefficient (Wildman–Crippen LogP) is 2.63. The van der Waals surface area contributed by atoms with Crippen molar-refractivity contribution in [1.29, 1.82) is 5.26 Å². The van der Waals surface area contributed by atoms with Gasteiger partial charge in [0.1, 0.15) is 6.07 Å². The van der Waals surface area contributed by atoms with Crippen molar-refractivity contribution in [1.82, 2.24) is 5.32 Å². The molecule has 112 valence electrons. The number of nitrogens with zero attached hydrogens (tertiary/aromatic N) is 1. The van der Waals surface area contributed by atoms with Gasteiger partial charge in [-0.15, -0.1) is 0 Å². The molecule has 0 radical (unpaired) electrons. The highest BCUT2D eigenvalue weighted by molar-refractivity contribution is 5.91. The molecular weight excluding hydrogens is 270 g/mol. The van der Waals surface area contributed by atoms with Crippen LogP contribution in [0.25, 0.3) is 0 Å². The summed E-state index contributed by atoms with van der Waals surface area (Å²) in [6, 6.07) is 6.75. The summed E-state index contributed by atoms with van der Waals surface area (Å²) in [6.45, 7) is 3.61. The molecule has 1 atom stereocenters. The van der Waals surface area contributed by atoms with Crippen molar-refractivity contribution in [3.05, 3.63) is 29.3 Å². The molecule has 2 amide bonds. The van der Waals surface area contributed by atoms with Crippen molar-refractivity contribution >= 4 is 17.7 Å². The third-order valence-electron chi connectivity index (χ3n) is 3.04. The zero-order valence-electron chi connectivity index (χ0n) is 12.1. The van der Waals surface area contributed by atoms with Crippen LogP contribution in [0, 0.1) is 18.3 Å². The molecule has 6 nitrogen and oxygen atoms in total. The van der Waals surface area contributed by atoms with E-state index in [0.717, 1.165) is 5.56 Å². The Hall–Kier alpha value is -2.55.